The van der Waals surface area contributed by atoms with Crippen LogP contribution < -0.4 is 5.32 Å². The zero-order valence-electron chi connectivity index (χ0n) is 10.5. The van der Waals surface area contributed by atoms with Gasteiger partial charge in [0.25, 0.3) is 0 Å². The maximum absolute atomic E-state index is 13.1. The molecular weight excluding hydrogens is 201 g/mol. The van der Waals surface area contributed by atoms with Crippen LogP contribution in [0.25, 0.3) is 0 Å². The molecule has 1 atom stereocenters. The molecule has 0 aromatic heterocycles. The van der Waals surface area contributed by atoms with E-state index >= 15 is 0 Å². The molecule has 0 bridgehead atoms. The SMILES string of the molecule is CNCCC(C)CCc1ccc(F)c(C)c1. The van der Waals surface area contributed by atoms with Crippen molar-refractivity contribution in [3.63, 3.8) is 0 Å². The Balaban J connectivity index is 2.39. The first-order chi connectivity index (χ1) is 7.63. The Labute approximate surface area is 98.1 Å². The highest BCUT2D eigenvalue weighted by Gasteiger charge is 2.03. The monoisotopic (exact) mass is 223 g/mol. The summed E-state index contributed by atoms with van der Waals surface area (Å²) in [5.41, 5.74) is 2.00. The fraction of sp³-hybridized carbons (Fsp3) is 0.571. The average Bonchev–Trinajstić information content (AvgIpc) is 2.28. The van der Waals surface area contributed by atoms with E-state index in [2.05, 4.69) is 12.2 Å². The Morgan fingerprint density at radius 3 is 2.69 bits per heavy atom. The maximum atomic E-state index is 13.1. The van der Waals surface area contributed by atoms with E-state index < -0.39 is 0 Å². The first-order valence-corrected chi connectivity index (χ1v) is 6.03. The lowest BCUT2D eigenvalue weighted by atomic mass is 9.97. The van der Waals surface area contributed by atoms with Crippen LogP contribution in [0.1, 0.15) is 30.9 Å². The quantitative estimate of drug-likeness (QED) is 0.780. The summed E-state index contributed by atoms with van der Waals surface area (Å²) in [6, 6.07) is 5.43. The molecule has 0 heterocycles. The summed E-state index contributed by atoms with van der Waals surface area (Å²) in [7, 11) is 1.98. The van der Waals surface area contributed by atoms with E-state index in [0.717, 1.165) is 24.4 Å². The van der Waals surface area contributed by atoms with Crippen LogP contribution in [0.4, 0.5) is 4.39 Å². The lowest BCUT2D eigenvalue weighted by Gasteiger charge is -2.11. The van der Waals surface area contributed by atoms with Gasteiger partial charge in [-0.05, 0) is 62.9 Å². The van der Waals surface area contributed by atoms with Gasteiger partial charge >= 0.3 is 0 Å². The van der Waals surface area contributed by atoms with Crippen LogP contribution in [-0.4, -0.2) is 13.6 Å². The van der Waals surface area contributed by atoms with Crippen molar-refractivity contribution in [2.45, 2.75) is 33.1 Å². The zero-order valence-corrected chi connectivity index (χ0v) is 10.5. The molecule has 0 saturated heterocycles. The van der Waals surface area contributed by atoms with Crippen molar-refractivity contribution in [1.82, 2.24) is 5.32 Å². The maximum Gasteiger partial charge on any atom is 0.126 e. The van der Waals surface area contributed by atoms with Gasteiger partial charge in [0.15, 0.2) is 0 Å². The molecule has 1 rings (SSSR count). The van der Waals surface area contributed by atoms with Gasteiger partial charge in [-0.25, -0.2) is 4.39 Å². The normalized spacial score (nSPS) is 12.8. The highest BCUT2D eigenvalue weighted by atomic mass is 19.1. The molecule has 0 fully saturated rings. The Hall–Kier alpha value is -0.890. The number of benzene rings is 1. The van der Waals surface area contributed by atoms with Crippen molar-refractivity contribution in [3.8, 4) is 0 Å². The van der Waals surface area contributed by atoms with E-state index in [1.807, 2.05) is 26.1 Å². The number of aryl methyl sites for hydroxylation is 2. The number of nitrogens with one attached hydrogen (secondary N) is 1. The molecule has 1 aromatic carbocycles. The average molecular weight is 223 g/mol. The summed E-state index contributed by atoms with van der Waals surface area (Å²) < 4.78 is 13.1. The van der Waals surface area contributed by atoms with E-state index in [1.54, 1.807) is 6.07 Å². The second-order valence-electron chi connectivity index (χ2n) is 4.62. The molecule has 0 aliphatic heterocycles. The molecule has 0 saturated carbocycles. The predicted octanol–water partition coefficient (Wildman–Crippen LogP) is 3.31. The first kappa shape index (κ1) is 13.2. The molecule has 2 heteroatoms. The molecule has 0 amide bonds. The van der Waals surface area contributed by atoms with Gasteiger partial charge in [-0.15, -0.1) is 0 Å². The van der Waals surface area contributed by atoms with Crippen LogP contribution in [0.3, 0.4) is 0 Å². The van der Waals surface area contributed by atoms with Gasteiger partial charge in [0.2, 0.25) is 0 Å². The highest BCUT2D eigenvalue weighted by molar-refractivity contribution is 5.23. The van der Waals surface area contributed by atoms with E-state index in [1.165, 1.54) is 18.4 Å². The molecule has 1 nitrogen and oxygen atoms in total. The lowest BCUT2D eigenvalue weighted by Crippen LogP contribution is -2.11. The van der Waals surface area contributed by atoms with Gasteiger partial charge in [0.05, 0.1) is 0 Å². The molecule has 0 aliphatic carbocycles. The van der Waals surface area contributed by atoms with Crippen molar-refractivity contribution in [1.29, 1.82) is 0 Å². The second-order valence-corrected chi connectivity index (χ2v) is 4.62. The smallest absolute Gasteiger partial charge is 0.126 e. The molecule has 90 valence electrons. The summed E-state index contributed by atoms with van der Waals surface area (Å²) >= 11 is 0. The third kappa shape index (κ3) is 4.31. The van der Waals surface area contributed by atoms with Gasteiger partial charge in [-0.3, -0.25) is 0 Å². The molecule has 0 spiro atoms. The van der Waals surface area contributed by atoms with Crippen LogP contribution in [0.5, 0.6) is 0 Å². The third-order valence-electron chi connectivity index (χ3n) is 3.04. The molecule has 0 aliphatic rings. The summed E-state index contributed by atoms with van der Waals surface area (Å²) in [6.07, 6.45) is 3.43. The van der Waals surface area contributed by atoms with Crippen LogP contribution >= 0.6 is 0 Å². The van der Waals surface area contributed by atoms with E-state index in [9.17, 15) is 4.39 Å². The highest BCUT2D eigenvalue weighted by Crippen LogP contribution is 2.15. The van der Waals surface area contributed by atoms with Crippen molar-refractivity contribution >= 4 is 0 Å². The number of rotatable bonds is 6. The number of hydrogen-bond donors (Lipinski definition) is 1. The summed E-state index contributed by atoms with van der Waals surface area (Å²) in [4.78, 5) is 0. The fourth-order valence-corrected chi connectivity index (χ4v) is 1.81. The minimum atomic E-state index is -0.105. The first-order valence-electron chi connectivity index (χ1n) is 6.03. The van der Waals surface area contributed by atoms with Crippen LogP contribution in [0.2, 0.25) is 0 Å². The van der Waals surface area contributed by atoms with Gasteiger partial charge < -0.3 is 5.32 Å². The molecule has 16 heavy (non-hydrogen) atoms. The van der Waals surface area contributed by atoms with Crippen molar-refractivity contribution in [3.05, 3.63) is 35.1 Å². The molecule has 0 radical (unpaired) electrons. The van der Waals surface area contributed by atoms with Crippen molar-refractivity contribution < 1.29 is 4.39 Å². The van der Waals surface area contributed by atoms with E-state index in [4.69, 9.17) is 0 Å². The second kappa shape index (κ2) is 6.64. The van der Waals surface area contributed by atoms with Crippen LogP contribution in [0.15, 0.2) is 18.2 Å². The Kier molecular flexibility index (Phi) is 5.47. The van der Waals surface area contributed by atoms with Gasteiger partial charge in [-0.1, -0.05) is 19.1 Å². The molecule has 1 N–H and O–H groups in total. The Bertz CT molecular complexity index is 323. The van der Waals surface area contributed by atoms with Gasteiger partial charge in [0.1, 0.15) is 5.82 Å². The van der Waals surface area contributed by atoms with Crippen LogP contribution in [-0.2, 0) is 6.42 Å². The van der Waals surface area contributed by atoms with E-state index in [0.29, 0.717) is 0 Å². The largest absolute Gasteiger partial charge is 0.320 e. The Morgan fingerprint density at radius 1 is 1.31 bits per heavy atom. The summed E-state index contributed by atoms with van der Waals surface area (Å²) in [5.74, 6) is 0.616. The minimum absolute atomic E-state index is 0.105. The number of halogens is 1. The van der Waals surface area contributed by atoms with Gasteiger partial charge in [-0.2, -0.15) is 0 Å². The summed E-state index contributed by atoms with van der Waals surface area (Å²) in [6.45, 7) is 5.17. The molecule has 1 unspecified atom stereocenters. The molecule has 1 aromatic rings. The minimum Gasteiger partial charge on any atom is -0.320 e. The van der Waals surface area contributed by atoms with Gasteiger partial charge in [0, 0.05) is 0 Å². The van der Waals surface area contributed by atoms with Crippen LogP contribution in [0, 0.1) is 18.7 Å². The van der Waals surface area contributed by atoms with Crippen molar-refractivity contribution in [2.24, 2.45) is 5.92 Å². The zero-order chi connectivity index (χ0) is 12.0. The third-order valence-corrected chi connectivity index (χ3v) is 3.04. The fourth-order valence-electron chi connectivity index (χ4n) is 1.81. The standard InChI is InChI=1S/C14H22FN/c1-11(8-9-16-3)4-5-13-6-7-14(15)12(2)10-13/h6-7,10-11,16H,4-5,8-9H2,1-3H3. The summed E-state index contributed by atoms with van der Waals surface area (Å²) in [5, 5.41) is 3.16. The Morgan fingerprint density at radius 2 is 2.06 bits per heavy atom. The number of hydrogen-bond acceptors (Lipinski definition) is 1. The van der Waals surface area contributed by atoms with Crippen molar-refractivity contribution in [2.75, 3.05) is 13.6 Å². The predicted molar refractivity (Wildman–Crippen MR) is 67.2 cm³/mol. The van der Waals surface area contributed by atoms with E-state index in [-0.39, 0.29) is 5.82 Å². The molecular formula is C14H22FN. The topological polar surface area (TPSA) is 12.0 Å². The lowest BCUT2D eigenvalue weighted by molar-refractivity contribution is 0.481.